The van der Waals surface area contributed by atoms with Gasteiger partial charge in [-0.2, -0.15) is 0 Å². The SMILES string of the molecule is CCNC(=O)Nc1nc2c(C3CCCO3)c(F)c(-c3cnc(C(C)(C)C(C)OCCOC)nc3)cc2[nH]1. The molecule has 0 saturated carbocycles. The highest BCUT2D eigenvalue weighted by atomic mass is 19.1. The number of fused-ring (bicyclic) bond motifs is 1. The lowest BCUT2D eigenvalue weighted by molar-refractivity contribution is -0.00911. The van der Waals surface area contributed by atoms with Gasteiger partial charge in [0.2, 0.25) is 5.95 Å². The molecule has 1 aliphatic heterocycles. The molecule has 0 radical (unpaired) electrons. The molecule has 0 aliphatic carbocycles. The summed E-state index contributed by atoms with van der Waals surface area (Å²) in [6.07, 6.45) is 4.19. The summed E-state index contributed by atoms with van der Waals surface area (Å²) in [5.41, 5.74) is 1.77. The first kappa shape index (κ1) is 26.9. The molecule has 1 aromatic carbocycles. The molecular formula is C26H35FN6O4. The van der Waals surface area contributed by atoms with Crippen molar-refractivity contribution in [1.29, 1.82) is 0 Å². The van der Waals surface area contributed by atoms with E-state index in [1.54, 1.807) is 25.6 Å². The Balaban J connectivity index is 1.69. The van der Waals surface area contributed by atoms with Gasteiger partial charge in [0, 0.05) is 49.3 Å². The van der Waals surface area contributed by atoms with E-state index >= 15 is 4.39 Å². The molecule has 1 fully saturated rings. The zero-order chi connectivity index (χ0) is 26.6. The summed E-state index contributed by atoms with van der Waals surface area (Å²) in [4.78, 5) is 28.7. The van der Waals surface area contributed by atoms with Gasteiger partial charge in [-0.15, -0.1) is 0 Å². The predicted molar refractivity (Wildman–Crippen MR) is 138 cm³/mol. The number of H-pyrrole nitrogens is 1. The van der Waals surface area contributed by atoms with Crippen molar-refractivity contribution >= 4 is 23.0 Å². The number of urea groups is 1. The van der Waals surface area contributed by atoms with Crippen molar-refractivity contribution in [1.82, 2.24) is 25.3 Å². The minimum atomic E-state index is -0.472. The van der Waals surface area contributed by atoms with Crippen LogP contribution in [0.15, 0.2) is 18.5 Å². The topological polar surface area (TPSA) is 123 Å². The summed E-state index contributed by atoms with van der Waals surface area (Å²) in [5.74, 6) is 0.395. The van der Waals surface area contributed by atoms with Crippen molar-refractivity contribution in [3.63, 3.8) is 0 Å². The first-order valence-electron chi connectivity index (χ1n) is 12.6. The third-order valence-corrected chi connectivity index (χ3v) is 6.78. The number of hydrogen-bond acceptors (Lipinski definition) is 7. The van der Waals surface area contributed by atoms with Crippen LogP contribution in [0.25, 0.3) is 22.2 Å². The smallest absolute Gasteiger partial charge is 0.321 e. The van der Waals surface area contributed by atoms with Crippen LogP contribution in [0, 0.1) is 5.82 Å². The van der Waals surface area contributed by atoms with Gasteiger partial charge in [-0.05, 0) is 32.8 Å². The fraction of sp³-hybridized carbons (Fsp3) is 0.538. The van der Waals surface area contributed by atoms with Crippen LogP contribution < -0.4 is 10.6 Å². The number of rotatable bonds is 10. The summed E-state index contributed by atoms with van der Waals surface area (Å²) in [6, 6.07) is 1.27. The van der Waals surface area contributed by atoms with E-state index in [9.17, 15) is 4.79 Å². The first-order chi connectivity index (χ1) is 17.8. The van der Waals surface area contributed by atoms with Crippen LogP contribution in [-0.2, 0) is 19.6 Å². The molecule has 1 saturated heterocycles. The lowest BCUT2D eigenvalue weighted by atomic mass is 9.86. The van der Waals surface area contributed by atoms with E-state index < -0.39 is 23.4 Å². The van der Waals surface area contributed by atoms with E-state index in [0.717, 1.165) is 6.42 Å². The summed E-state index contributed by atoms with van der Waals surface area (Å²) < 4.78 is 32.8. The highest BCUT2D eigenvalue weighted by Gasteiger charge is 2.32. The largest absolute Gasteiger partial charge is 0.382 e. The van der Waals surface area contributed by atoms with Crippen LogP contribution in [0.5, 0.6) is 0 Å². The number of hydrogen-bond donors (Lipinski definition) is 3. The second-order valence-electron chi connectivity index (χ2n) is 9.64. The standard InChI is InChI=1S/C26H35FN6O4/c1-6-28-25(34)33-24-31-18-12-17(21(27)20(22(18)32-24)19-8-7-9-37-19)16-13-29-23(30-14-16)26(3,4)15(2)36-11-10-35-5/h12-15,19H,6-11H2,1-5H3,(H3,28,31,32,33,34). The lowest BCUT2D eigenvalue weighted by Gasteiger charge is -2.30. The Morgan fingerprint density at radius 3 is 2.73 bits per heavy atom. The molecule has 1 aliphatic rings. The number of anilines is 1. The van der Waals surface area contributed by atoms with Gasteiger partial charge < -0.3 is 24.5 Å². The van der Waals surface area contributed by atoms with Gasteiger partial charge in [-0.3, -0.25) is 5.32 Å². The number of aromatic nitrogens is 4. The zero-order valence-corrected chi connectivity index (χ0v) is 22.0. The fourth-order valence-electron chi connectivity index (χ4n) is 4.33. The maximum Gasteiger partial charge on any atom is 0.321 e. The number of nitrogens with zero attached hydrogens (tertiary/aromatic N) is 3. The molecule has 3 aromatic rings. The molecule has 3 heterocycles. The Bertz CT molecular complexity index is 1220. The highest BCUT2D eigenvalue weighted by Crippen LogP contribution is 2.39. The van der Waals surface area contributed by atoms with Crippen LogP contribution in [-0.4, -0.2) is 65.5 Å². The molecule has 2 atom stereocenters. The van der Waals surface area contributed by atoms with Crippen molar-refractivity contribution in [2.75, 3.05) is 38.8 Å². The number of nitrogens with one attached hydrogen (secondary N) is 3. The van der Waals surface area contributed by atoms with Gasteiger partial charge in [0.05, 0.1) is 41.9 Å². The molecule has 0 spiro atoms. The van der Waals surface area contributed by atoms with Crippen molar-refractivity contribution in [3.8, 4) is 11.1 Å². The van der Waals surface area contributed by atoms with Gasteiger partial charge in [-0.25, -0.2) is 24.1 Å². The predicted octanol–water partition coefficient (Wildman–Crippen LogP) is 4.48. The maximum absolute atomic E-state index is 16.0. The zero-order valence-electron chi connectivity index (χ0n) is 22.0. The van der Waals surface area contributed by atoms with E-state index in [-0.39, 0.29) is 12.1 Å². The van der Waals surface area contributed by atoms with Crippen LogP contribution >= 0.6 is 0 Å². The molecule has 2 aromatic heterocycles. The molecule has 2 unspecified atom stereocenters. The number of carbonyl (C=O) groups is 1. The number of benzene rings is 1. The summed E-state index contributed by atoms with van der Waals surface area (Å²) in [6.45, 7) is 9.81. The molecule has 3 N–H and O–H groups in total. The van der Waals surface area contributed by atoms with Gasteiger partial charge in [0.15, 0.2) is 0 Å². The minimum Gasteiger partial charge on any atom is -0.382 e. The molecule has 37 heavy (non-hydrogen) atoms. The fourth-order valence-corrected chi connectivity index (χ4v) is 4.33. The number of methoxy groups -OCH3 is 1. The Labute approximate surface area is 215 Å². The number of halogens is 1. The summed E-state index contributed by atoms with van der Waals surface area (Å²) in [7, 11) is 1.63. The molecule has 11 heteroatoms. The van der Waals surface area contributed by atoms with E-state index in [2.05, 4.69) is 30.6 Å². The van der Waals surface area contributed by atoms with E-state index in [1.807, 2.05) is 27.7 Å². The van der Waals surface area contributed by atoms with Crippen LogP contribution in [0.2, 0.25) is 0 Å². The van der Waals surface area contributed by atoms with Gasteiger partial charge in [0.25, 0.3) is 0 Å². The Morgan fingerprint density at radius 2 is 2.08 bits per heavy atom. The first-order valence-corrected chi connectivity index (χ1v) is 12.6. The quantitative estimate of drug-likeness (QED) is 0.341. The van der Waals surface area contributed by atoms with Crippen molar-refractivity contribution < 1.29 is 23.4 Å². The molecule has 200 valence electrons. The second kappa shape index (κ2) is 11.5. The van der Waals surface area contributed by atoms with E-state index in [4.69, 9.17) is 14.2 Å². The Kier molecular flexibility index (Phi) is 8.35. The van der Waals surface area contributed by atoms with Crippen molar-refractivity contribution in [3.05, 3.63) is 35.7 Å². The van der Waals surface area contributed by atoms with Crippen LogP contribution in [0.3, 0.4) is 0 Å². The van der Waals surface area contributed by atoms with Gasteiger partial charge in [0.1, 0.15) is 11.6 Å². The average Bonchev–Trinajstić information content (AvgIpc) is 3.54. The third kappa shape index (κ3) is 5.73. The van der Waals surface area contributed by atoms with Crippen LogP contribution in [0.1, 0.15) is 58.0 Å². The average molecular weight is 515 g/mol. The maximum atomic E-state index is 16.0. The van der Waals surface area contributed by atoms with E-state index in [0.29, 0.717) is 66.3 Å². The number of ether oxygens (including phenoxy) is 3. The third-order valence-electron chi connectivity index (χ3n) is 6.78. The normalized spacial score (nSPS) is 16.8. The lowest BCUT2D eigenvalue weighted by Crippen LogP contribution is -2.36. The minimum absolute atomic E-state index is 0.159. The number of aromatic amines is 1. The Morgan fingerprint density at radius 1 is 1.32 bits per heavy atom. The number of imidazole rings is 1. The van der Waals surface area contributed by atoms with E-state index in [1.165, 1.54) is 0 Å². The van der Waals surface area contributed by atoms with Gasteiger partial charge in [-0.1, -0.05) is 13.8 Å². The number of amides is 2. The Hall–Kier alpha value is -3.15. The molecule has 10 nitrogen and oxygen atoms in total. The highest BCUT2D eigenvalue weighted by molar-refractivity contribution is 5.92. The molecular weight excluding hydrogens is 479 g/mol. The summed E-state index contributed by atoms with van der Waals surface area (Å²) in [5, 5.41) is 5.31. The second-order valence-corrected chi connectivity index (χ2v) is 9.64. The van der Waals surface area contributed by atoms with Crippen molar-refractivity contribution in [2.45, 2.75) is 58.2 Å². The van der Waals surface area contributed by atoms with Gasteiger partial charge >= 0.3 is 6.03 Å². The number of carbonyl (C=O) groups excluding carboxylic acids is 1. The van der Waals surface area contributed by atoms with Crippen LogP contribution in [0.4, 0.5) is 15.1 Å². The molecule has 0 bridgehead atoms. The molecule has 4 rings (SSSR count). The van der Waals surface area contributed by atoms with Crippen molar-refractivity contribution in [2.24, 2.45) is 0 Å². The molecule has 2 amide bonds. The summed E-state index contributed by atoms with van der Waals surface area (Å²) >= 11 is 0. The monoisotopic (exact) mass is 514 g/mol.